The van der Waals surface area contributed by atoms with Crippen molar-refractivity contribution in [3.63, 3.8) is 0 Å². The average Bonchev–Trinajstić information content (AvgIpc) is 2.46. The highest BCUT2D eigenvalue weighted by Crippen LogP contribution is 2.28. The van der Waals surface area contributed by atoms with Gasteiger partial charge in [-0.1, -0.05) is 0 Å². The third-order valence-electron chi connectivity index (χ3n) is 3.13. The summed E-state index contributed by atoms with van der Waals surface area (Å²) in [6.07, 6.45) is 4.69. The van der Waals surface area contributed by atoms with Crippen molar-refractivity contribution in [2.45, 2.75) is 45.6 Å². The molecule has 78 valence electrons. The van der Waals surface area contributed by atoms with Gasteiger partial charge in [0.15, 0.2) is 0 Å². The Morgan fingerprint density at radius 3 is 3.07 bits per heavy atom. The van der Waals surface area contributed by atoms with Crippen molar-refractivity contribution in [3.05, 3.63) is 17.2 Å². The van der Waals surface area contributed by atoms with Gasteiger partial charge in [-0.2, -0.15) is 0 Å². The van der Waals surface area contributed by atoms with E-state index in [0.29, 0.717) is 12.6 Å². The van der Waals surface area contributed by atoms with E-state index in [0.717, 1.165) is 12.2 Å². The van der Waals surface area contributed by atoms with Crippen molar-refractivity contribution >= 4 is 0 Å². The number of imidazole rings is 1. The van der Waals surface area contributed by atoms with E-state index in [9.17, 15) is 0 Å². The van der Waals surface area contributed by atoms with Crippen LogP contribution in [0.3, 0.4) is 0 Å². The number of aromatic nitrogens is 2. The van der Waals surface area contributed by atoms with Gasteiger partial charge in [0.25, 0.3) is 0 Å². The molecule has 3 nitrogen and oxygen atoms in total. The minimum absolute atomic E-state index is 0.623. The van der Waals surface area contributed by atoms with Crippen LogP contribution in [-0.4, -0.2) is 16.1 Å². The van der Waals surface area contributed by atoms with Gasteiger partial charge in [0.2, 0.25) is 0 Å². The first-order valence-corrected chi connectivity index (χ1v) is 5.50. The van der Waals surface area contributed by atoms with E-state index in [1.54, 1.807) is 0 Å². The summed E-state index contributed by atoms with van der Waals surface area (Å²) >= 11 is 0. The van der Waals surface area contributed by atoms with Crippen LogP contribution >= 0.6 is 0 Å². The maximum atomic E-state index is 5.59. The molecule has 2 heterocycles. The van der Waals surface area contributed by atoms with Gasteiger partial charge in [0.1, 0.15) is 5.82 Å². The second-order valence-electron chi connectivity index (χ2n) is 4.20. The predicted molar refractivity (Wildman–Crippen MR) is 57.4 cm³/mol. The number of rotatable bonds is 2. The first-order chi connectivity index (χ1) is 6.74. The lowest BCUT2D eigenvalue weighted by atomic mass is 10.0. The number of aryl methyl sites for hydroxylation is 1. The van der Waals surface area contributed by atoms with Gasteiger partial charge in [-0.3, -0.25) is 0 Å². The molecule has 0 aliphatic carbocycles. The summed E-state index contributed by atoms with van der Waals surface area (Å²) < 4.78 is 2.40. The van der Waals surface area contributed by atoms with E-state index in [1.165, 1.54) is 30.7 Å². The molecule has 1 aromatic rings. The van der Waals surface area contributed by atoms with Gasteiger partial charge in [0, 0.05) is 18.2 Å². The normalized spacial score (nSPS) is 20.9. The van der Waals surface area contributed by atoms with Crippen LogP contribution in [0, 0.1) is 6.92 Å². The van der Waals surface area contributed by atoms with E-state index >= 15 is 0 Å². The first kappa shape index (κ1) is 9.71. The molecule has 1 aliphatic rings. The highest BCUT2D eigenvalue weighted by atomic mass is 15.1. The molecule has 0 radical (unpaired) electrons. The van der Waals surface area contributed by atoms with E-state index < -0.39 is 0 Å². The fourth-order valence-corrected chi connectivity index (χ4v) is 2.53. The van der Waals surface area contributed by atoms with Crippen LogP contribution in [0.4, 0.5) is 0 Å². The zero-order valence-electron chi connectivity index (χ0n) is 9.08. The Labute approximate surface area is 85.3 Å². The van der Waals surface area contributed by atoms with Crippen molar-refractivity contribution in [3.8, 4) is 0 Å². The van der Waals surface area contributed by atoms with Crippen molar-refractivity contribution in [2.75, 3.05) is 6.54 Å². The molecule has 0 amide bonds. The molecular formula is C11H19N3. The van der Waals surface area contributed by atoms with Crippen LogP contribution in [0.1, 0.15) is 43.0 Å². The van der Waals surface area contributed by atoms with Crippen LogP contribution in [0.15, 0.2) is 0 Å². The smallest absolute Gasteiger partial charge is 0.106 e. The monoisotopic (exact) mass is 193 g/mol. The van der Waals surface area contributed by atoms with Gasteiger partial charge >= 0.3 is 0 Å². The number of nitrogens with two attached hydrogens (primary N) is 1. The zero-order valence-corrected chi connectivity index (χ0v) is 9.08. The third kappa shape index (κ3) is 1.46. The lowest BCUT2D eigenvalue weighted by Crippen LogP contribution is -2.17. The van der Waals surface area contributed by atoms with Crippen LogP contribution < -0.4 is 5.73 Å². The zero-order chi connectivity index (χ0) is 10.1. The van der Waals surface area contributed by atoms with Crippen LogP contribution in [-0.2, 0) is 12.8 Å². The number of fused-ring (bicyclic) bond motifs is 1. The molecule has 1 atom stereocenters. The van der Waals surface area contributed by atoms with Gasteiger partial charge in [-0.15, -0.1) is 0 Å². The molecule has 1 aromatic heterocycles. The van der Waals surface area contributed by atoms with E-state index in [1.807, 2.05) is 0 Å². The third-order valence-corrected chi connectivity index (χ3v) is 3.13. The summed E-state index contributed by atoms with van der Waals surface area (Å²) in [5, 5.41) is 0. The van der Waals surface area contributed by atoms with Gasteiger partial charge < -0.3 is 10.3 Å². The standard InChI is InChI=1S/C11H19N3/c1-8-4-3-5-11-10(6-7-12)13-9(2)14(8)11/h8H,3-7,12H2,1-2H3. The molecule has 3 heteroatoms. The quantitative estimate of drug-likeness (QED) is 0.775. The summed E-state index contributed by atoms with van der Waals surface area (Å²) in [6, 6.07) is 0.623. The first-order valence-electron chi connectivity index (χ1n) is 5.50. The largest absolute Gasteiger partial charge is 0.330 e. The maximum absolute atomic E-state index is 5.59. The van der Waals surface area contributed by atoms with E-state index in [-0.39, 0.29) is 0 Å². The Morgan fingerprint density at radius 1 is 1.57 bits per heavy atom. The summed E-state index contributed by atoms with van der Waals surface area (Å²) in [6.45, 7) is 5.09. The second-order valence-corrected chi connectivity index (χ2v) is 4.20. The Hall–Kier alpha value is -0.830. The van der Waals surface area contributed by atoms with Gasteiger partial charge in [0.05, 0.1) is 5.69 Å². The molecule has 0 fully saturated rings. The molecule has 0 saturated carbocycles. The summed E-state index contributed by atoms with van der Waals surface area (Å²) in [5.41, 5.74) is 8.26. The van der Waals surface area contributed by atoms with Crippen molar-refractivity contribution < 1.29 is 0 Å². The molecule has 0 aromatic carbocycles. The average molecular weight is 193 g/mol. The van der Waals surface area contributed by atoms with Crippen LogP contribution in [0.2, 0.25) is 0 Å². The number of hydrogen-bond donors (Lipinski definition) is 1. The molecule has 0 bridgehead atoms. The summed E-state index contributed by atoms with van der Waals surface area (Å²) in [5.74, 6) is 1.16. The Balaban J connectivity index is 2.41. The summed E-state index contributed by atoms with van der Waals surface area (Å²) in [7, 11) is 0. The lowest BCUT2D eigenvalue weighted by Gasteiger charge is -2.23. The van der Waals surface area contributed by atoms with E-state index in [4.69, 9.17) is 5.73 Å². The Kier molecular flexibility index (Phi) is 2.59. The Bertz CT molecular complexity index is 328. The van der Waals surface area contributed by atoms with Crippen LogP contribution in [0.25, 0.3) is 0 Å². The Morgan fingerprint density at radius 2 is 2.36 bits per heavy atom. The molecule has 14 heavy (non-hydrogen) atoms. The fraction of sp³-hybridized carbons (Fsp3) is 0.727. The molecule has 0 spiro atoms. The molecule has 1 unspecified atom stereocenters. The minimum Gasteiger partial charge on any atom is -0.330 e. The molecule has 0 saturated heterocycles. The molecule has 2 N–H and O–H groups in total. The molecule has 2 rings (SSSR count). The topological polar surface area (TPSA) is 43.8 Å². The number of nitrogens with zero attached hydrogens (tertiary/aromatic N) is 2. The summed E-state index contributed by atoms with van der Waals surface area (Å²) in [4.78, 5) is 4.62. The lowest BCUT2D eigenvalue weighted by molar-refractivity contribution is 0.422. The van der Waals surface area contributed by atoms with Crippen molar-refractivity contribution in [1.82, 2.24) is 9.55 Å². The fourth-order valence-electron chi connectivity index (χ4n) is 2.53. The van der Waals surface area contributed by atoms with Gasteiger partial charge in [-0.25, -0.2) is 4.98 Å². The predicted octanol–water partition coefficient (Wildman–Crippen LogP) is 1.59. The maximum Gasteiger partial charge on any atom is 0.106 e. The highest BCUT2D eigenvalue weighted by Gasteiger charge is 2.21. The van der Waals surface area contributed by atoms with Crippen LogP contribution in [0.5, 0.6) is 0 Å². The van der Waals surface area contributed by atoms with E-state index in [2.05, 4.69) is 23.4 Å². The highest BCUT2D eigenvalue weighted by molar-refractivity contribution is 5.20. The van der Waals surface area contributed by atoms with Crippen molar-refractivity contribution in [2.24, 2.45) is 5.73 Å². The second kappa shape index (κ2) is 3.73. The number of hydrogen-bond acceptors (Lipinski definition) is 2. The minimum atomic E-state index is 0.623. The SMILES string of the molecule is Cc1nc(CCN)c2n1C(C)CCC2. The van der Waals surface area contributed by atoms with Gasteiger partial charge in [-0.05, 0) is 39.7 Å². The molecular weight excluding hydrogens is 174 g/mol. The van der Waals surface area contributed by atoms with Crippen molar-refractivity contribution in [1.29, 1.82) is 0 Å². The molecule has 1 aliphatic heterocycles.